The summed E-state index contributed by atoms with van der Waals surface area (Å²) >= 11 is 5.55. The Labute approximate surface area is 382 Å². The Morgan fingerprint density at radius 3 is 2.53 bits per heavy atom. The van der Waals surface area contributed by atoms with Crippen LogP contribution in [0.25, 0.3) is 27.6 Å². The number of unbranched alkanes of at least 4 members (excludes halogenated alkanes) is 3. The van der Waals surface area contributed by atoms with Gasteiger partial charge in [-0.1, -0.05) is 18.9 Å². The second-order valence-electron chi connectivity index (χ2n) is 16.5. The van der Waals surface area contributed by atoms with E-state index in [0.717, 1.165) is 48.3 Å². The first kappa shape index (κ1) is 45.6. The number of rotatable bonds is 13. The van der Waals surface area contributed by atoms with Gasteiger partial charge >= 0.3 is 6.18 Å². The summed E-state index contributed by atoms with van der Waals surface area (Å²) in [6.45, 7) is 13.4. The number of pyridine rings is 1. The summed E-state index contributed by atoms with van der Waals surface area (Å²) in [6, 6.07) is 10.3. The summed E-state index contributed by atoms with van der Waals surface area (Å²) in [7, 11) is 0. The van der Waals surface area contributed by atoms with E-state index in [1.54, 1.807) is 22.1 Å². The number of halogens is 4. The van der Waals surface area contributed by atoms with Crippen LogP contribution in [0.2, 0.25) is 0 Å². The average molecular weight is 925 g/mol. The lowest BCUT2D eigenvalue weighted by atomic mass is 10.0. The maximum atomic E-state index is 15.5. The summed E-state index contributed by atoms with van der Waals surface area (Å²) in [5.74, 6) is -0.951. The van der Waals surface area contributed by atoms with Crippen LogP contribution < -0.4 is 25.3 Å². The van der Waals surface area contributed by atoms with Gasteiger partial charge in [-0.2, -0.15) is 13.2 Å². The van der Waals surface area contributed by atoms with E-state index in [9.17, 15) is 27.6 Å². The maximum absolute atomic E-state index is 15.5. The fourth-order valence-electron chi connectivity index (χ4n) is 8.16. The summed E-state index contributed by atoms with van der Waals surface area (Å²) in [6.07, 6.45) is 3.95. The van der Waals surface area contributed by atoms with Crippen molar-refractivity contribution in [3.05, 3.63) is 95.1 Å². The predicted octanol–water partition coefficient (Wildman–Crippen LogP) is 8.18. The standard InChI is InChI=1S/C45H44F4N12O4S/c1-26-29(15-17-34(55-26)38-54-25-59(57-38)37-11-7-10-20-65-37)35-23-52-39-40(56-35)58(36(62)24-53-39)19-9-6-5-8-18-51-41(63)30-14-12-28(22-32(30)46)61-43(66)60(42(64)44(61,2)3)27-13-16-33(50-4)31(21-27)45(47,48)49/h12-17,21-23,25,37H,5-11,18-20,24H2,1-3H3,(H,51,63)(H,52,53). The molecule has 66 heavy (non-hydrogen) atoms. The highest BCUT2D eigenvalue weighted by molar-refractivity contribution is 7.81. The molecular weight excluding hydrogens is 881 g/mol. The average Bonchev–Trinajstić information content (AvgIpc) is 3.86. The van der Waals surface area contributed by atoms with Crippen molar-refractivity contribution in [2.24, 2.45) is 0 Å². The summed E-state index contributed by atoms with van der Waals surface area (Å²) in [4.78, 5) is 65.1. The first-order chi connectivity index (χ1) is 31.6. The van der Waals surface area contributed by atoms with Crippen LogP contribution in [-0.4, -0.2) is 84.3 Å². The fraction of sp³-hybridized carbons (Fsp3) is 0.378. The minimum absolute atomic E-state index is 0.0793. The Balaban J connectivity index is 0.837. The van der Waals surface area contributed by atoms with E-state index in [0.29, 0.717) is 73.0 Å². The number of amides is 3. The van der Waals surface area contributed by atoms with Gasteiger partial charge in [0.2, 0.25) is 5.91 Å². The van der Waals surface area contributed by atoms with Crippen LogP contribution in [0.5, 0.6) is 0 Å². The van der Waals surface area contributed by atoms with Crippen LogP contribution >= 0.6 is 12.2 Å². The zero-order chi connectivity index (χ0) is 46.9. The number of carbonyl (C=O) groups is 3. The fourth-order valence-corrected chi connectivity index (χ4v) is 8.68. The molecule has 2 aromatic carbocycles. The van der Waals surface area contributed by atoms with Gasteiger partial charge in [0, 0.05) is 42.3 Å². The number of fused-ring (bicyclic) bond motifs is 1. The van der Waals surface area contributed by atoms with Crippen LogP contribution in [0.15, 0.2) is 61.1 Å². The van der Waals surface area contributed by atoms with E-state index < -0.39 is 40.6 Å². The van der Waals surface area contributed by atoms with E-state index in [2.05, 4.69) is 30.5 Å². The van der Waals surface area contributed by atoms with Gasteiger partial charge in [-0.3, -0.25) is 24.2 Å². The van der Waals surface area contributed by atoms with Crippen molar-refractivity contribution in [2.75, 3.05) is 46.3 Å². The first-order valence-electron chi connectivity index (χ1n) is 21.3. The molecule has 0 radical (unpaired) electrons. The number of anilines is 4. The summed E-state index contributed by atoms with van der Waals surface area (Å²) < 4.78 is 64.3. The van der Waals surface area contributed by atoms with Crippen LogP contribution in [0.1, 0.15) is 86.6 Å². The topological polar surface area (TPSA) is 168 Å². The number of nitrogens with one attached hydrogen (secondary N) is 2. The molecule has 3 aliphatic heterocycles. The van der Waals surface area contributed by atoms with E-state index in [1.165, 1.54) is 36.9 Å². The lowest BCUT2D eigenvalue weighted by molar-refractivity contribution is -0.137. The molecule has 0 bridgehead atoms. The molecule has 6 heterocycles. The van der Waals surface area contributed by atoms with Crippen molar-refractivity contribution in [3.63, 3.8) is 0 Å². The Kier molecular flexibility index (Phi) is 12.8. The molecule has 342 valence electrons. The number of aromatic nitrogens is 6. The van der Waals surface area contributed by atoms with Crippen molar-refractivity contribution in [2.45, 2.75) is 83.7 Å². The number of alkyl halides is 3. The Morgan fingerprint density at radius 1 is 1.02 bits per heavy atom. The Hall–Kier alpha value is -6.92. The lowest BCUT2D eigenvalue weighted by Gasteiger charge is -2.29. The van der Waals surface area contributed by atoms with Crippen molar-refractivity contribution in [1.29, 1.82) is 0 Å². The highest BCUT2D eigenvalue weighted by Gasteiger charge is 2.51. The smallest absolute Gasteiger partial charge is 0.358 e. The quantitative estimate of drug-likeness (QED) is 0.0504. The normalized spacial score (nSPS) is 17.2. The molecule has 5 aromatic rings. The minimum atomic E-state index is -4.86. The van der Waals surface area contributed by atoms with Gasteiger partial charge < -0.3 is 20.3 Å². The van der Waals surface area contributed by atoms with Gasteiger partial charge in [-0.25, -0.2) is 33.9 Å². The van der Waals surface area contributed by atoms with E-state index >= 15 is 4.39 Å². The number of aryl methyl sites for hydroxylation is 1. The van der Waals surface area contributed by atoms with Crippen LogP contribution in [0, 0.1) is 19.3 Å². The predicted molar refractivity (Wildman–Crippen MR) is 240 cm³/mol. The molecule has 0 spiro atoms. The van der Waals surface area contributed by atoms with Crippen LogP contribution in [0.3, 0.4) is 0 Å². The first-order valence-corrected chi connectivity index (χ1v) is 21.7. The van der Waals surface area contributed by atoms with Gasteiger partial charge in [-0.15, -0.1) is 5.10 Å². The zero-order valence-electron chi connectivity index (χ0n) is 36.2. The Bertz CT molecular complexity index is 2770. The molecule has 3 aromatic heterocycles. The number of hydrogen-bond acceptors (Lipinski definition) is 11. The number of ether oxygens (including phenoxy) is 1. The molecule has 0 saturated carbocycles. The van der Waals surface area contributed by atoms with Crippen LogP contribution in [0.4, 0.5) is 46.3 Å². The second kappa shape index (κ2) is 18.5. The van der Waals surface area contributed by atoms with E-state index in [1.807, 2.05) is 19.1 Å². The molecule has 8 rings (SSSR count). The maximum Gasteiger partial charge on any atom is 0.407 e. The molecule has 0 aliphatic carbocycles. The minimum Gasteiger partial charge on any atom is -0.358 e. The van der Waals surface area contributed by atoms with Gasteiger partial charge in [-0.05, 0) is 108 Å². The third-order valence-electron chi connectivity index (χ3n) is 11.6. The molecule has 2 N–H and O–H groups in total. The monoisotopic (exact) mass is 924 g/mol. The molecule has 3 aliphatic rings. The summed E-state index contributed by atoms with van der Waals surface area (Å²) in [5.41, 5.74) is -1.02. The molecule has 16 nitrogen and oxygen atoms in total. The van der Waals surface area contributed by atoms with Crippen molar-refractivity contribution < 1.29 is 36.7 Å². The number of carbonyl (C=O) groups excluding carboxylic acids is 3. The number of thiocarbonyl (C=S) groups is 1. The van der Waals surface area contributed by atoms with Crippen LogP contribution in [-0.2, 0) is 20.5 Å². The van der Waals surface area contributed by atoms with Gasteiger partial charge in [0.1, 0.15) is 23.4 Å². The van der Waals surface area contributed by atoms with Crippen molar-refractivity contribution in [1.82, 2.24) is 35.0 Å². The lowest BCUT2D eigenvalue weighted by Crippen LogP contribution is -2.44. The van der Waals surface area contributed by atoms with E-state index in [-0.39, 0.29) is 47.3 Å². The second-order valence-corrected chi connectivity index (χ2v) is 16.9. The van der Waals surface area contributed by atoms with E-state index in [4.69, 9.17) is 33.5 Å². The molecule has 3 amide bonds. The Morgan fingerprint density at radius 2 is 1.80 bits per heavy atom. The van der Waals surface area contributed by atoms with Crippen molar-refractivity contribution in [3.8, 4) is 22.8 Å². The molecule has 2 saturated heterocycles. The highest BCUT2D eigenvalue weighted by Crippen LogP contribution is 2.42. The van der Waals surface area contributed by atoms with Gasteiger partial charge in [0.15, 0.2) is 34.5 Å². The third kappa shape index (κ3) is 9.02. The third-order valence-corrected chi connectivity index (χ3v) is 12.0. The zero-order valence-corrected chi connectivity index (χ0v) is 37.0. The van der Waals surface area contributed by atoms with Gasteiger partial charge in [0.25, 0.3) is 11.8 Å². The largest absolute Gasteiger partial charge is 0.407 e. The number of benzene rings is 2. The molecule has 1 atom stereocenters. The molecular formula is C45H44F4N12O4S. The molecule has 2 fully saturated rings. The summed E-state index contributed by atoms with van der Waals surface area (Å²) in [5, 5.41) is 10.2. The van der Waals surface area contributed by atoms with Gasteiger partial charge in [0.05, 0.1) is 36.1 Å². The molecule has 21 heteroatoms. The SMILES string of the molecule is [C-]#[N+]c1ccc(N2C(=O)C(C)(C)N(c3ccc(C(=O)NCCCCCCN4C(=O)CNc5ncc(-c6ccc(-c7ncn(C8CCCCO8)n7)nc6C)nc54)c(F)c3)C2=S)cc1C(F)(F)F. The number of hydrogen-bond donors (Lipinski definition) is 2. The van der Waals surface area contributed by atoms with Crippen molar-refractivity contribution >= 4 is 63.7 Å². The molecule has 1 unspecified atom stereocenters. The number of nitrogens with zero attached hydrogens (tertiary/aromatic N) is 10. The highest BCUT2D eigenvalue weighted by atomic mass is 32.1.